The fraction of sp³-hybridized carbons (Fsp3) is 0.0476. The maximum Gasteiger partial charge on any atom is 0.269 e. The molecule has 0 aliphatic rings. The normalized spacial score (nSPS) is 10.0. The largest absolute Gasteiger partial charge is 0.307 e. The van der Waals surface area contributed by atoms with Crippen molar-refractivity contribution in [1.82, 2.24) is 15.8 Å². The number of aromatic nitrogens is 1. The Morgan fingerprint density at radius 3 is 2.14 bits per heavy atom. The SMILES string of the molecule is O=C(Cc1ccccc1)NNC(=O)c1ccnc(NC(=O)c2ccccc2)c1. The van der Waals surface area contributed by atoms with Gasteiger partial charge in [0.2, 0.25) is 5.91 Å². The number of carbonyl (C=O) groups excluding carboxylic acids is 3. The maximum atomic E-state index is 12.2. The van der Waals surface area contributed by atoms with Gasteiger partial charge in [-0.15, -0.1) is 0 Å². The summed E-state index contributed by atoms with van der Waals surface area (Å²) in [5.41, 5.74) is 6.29. The Morgan fingerprint density at radius 1 is 0.750 bits per heavy atom. The second-order valence-electron chi connectivity index (χ2n) is 5.91. The van der Waals surface area contributed by atoms with Gasteiger partial charge in [-0.3, -0.25) is 25.2 Å². The van der Waals surface area contributed by atoms with Crippen LogP contribution in [-0.4, -0.2) is 22.7 Å². The first-order valence-electron chi connectivity index (χ1n) is 8.57. The van der Waals surface area contributed by atoms with E-state index in [1.807, 2.05) is 36.4 Å². The highest BCUT2D eigenvalue weighted by Gasteiger charge is 2.11. The summed E-state index contributed by atoms with van der Waals surface area (Å²) >= 11 is 0. The molecule has 1 aromatic heterocycles. The van der Waals surface area contributed by atoms with Crippen molar-refractivity contribution in [3.63, 3.8) is 0 Å². The topological polar surface area (TPSA) is 100 Å². The van der Waals surface area contributed by atoms with E-state index in [1.54, 1.807) is 24.3 Å². The molecule has 0 aliphatic carbocycles. The van der Waals surface area contributed by atoms with Crippen LogP contribution in [0.15, 0.2) is 79.0 Å². The lowest BCUT2D eigenvalue weighted by molar-refractivity contribution is -0.121. The minimum Gasteiger partial charge on any atom is -0.307 e. The molecule has 0 radical (unpaired) electrons. The van der Waals surface area contributed by atoms with E-state index in [-0.39, 0.29) is 29.6 Å². The van der Waals surface area contributed by atoms with Gasteiger partial charge in [-0.1, -0.05) is 48.5 Å². The summed E-state index contributed by atoms with van der Waals surface area (Å²) < 4.78 is 0. The highest BCUT2D eigenvalue weighted by Crippen LogP contribution is 2.09. The van der Waals surface area contributed by atoms with Crippen LogP contribution in [0.1, 0.15) is 26.3 Å². The molecule has 0 atom stereocenters. The first-order valence-corrected chi connectivity index (χ1v) is 8.57. The molecule has 3 aromatic rings. The van der Waals surface area contributed by atoms with Gasteiger partial charge in [0.15, 0.2) is 0 Å². The van der Waals surface area contributed by atoms with Gasteiger partial charge in [0.05, 0.1) is 6.42 Å². The zero-order valence-corrected chi connectivity index (χ0v) is 14.9. The van der Waals surface area contributed by atoms with E-state index in [0.717, 1.165) is 5.56 Å². The quantitative estimate of drug-likeness (QED) is 0.597. The van der Waals surface area contributed by atoms with Gasteiger partial charge >= 0.3 is 0 Å². The first-order chi connectivity index (χ1) is 13.6. The van der Waals surface area contributed by atoms with Crippen LogP contribution in [0.2, 0.25) is 0 Å². The second-order valence-corrected chi connectivity index (χ2v) is 5.91. The molecular formula is C21H18N4O3. The Balaban J connectivity index is 1.56. The highest BCUT2D eigenvalue weighted by molar-refractivity contribution is 6.04. The Bertz CT molecular complexity index is 975. The maximum absolute atomic E-state index is 12.2. The minimum absolute atomic E-state index is 0.149. The third kappa shape index (κ3) is 5.25. The third-order valence-electron chi connectivity index (χ3n) is 3.82. The van der Waals surface area contributed by atoms with E-state index in [0.29, 0.717) is 5.56 Å². The fourth-order valence-electron chi connectivity index (χ4n) is 2.44. The van der Waals surface area contributed by atoms with Gasteiger partial charge < -0.3 is 5.32 Å². The Kier molecular flexibility index (Phi) is 6.10. The van der Waals surface area contributed by atoms with E-state index in [2.05, 4.69) is 21.2 Å². The van der Waals surface area contributed by atoms with Gasteiger partial charge in [0.25, 0.3) is 11.8 Å². The number of pyridine rings is 1. The highest BCUT2D eigenvalue weighted by atomic mass is 16.2. The second kappa shape index (κ2) is 9.09. The molecule has 0 aliphatic heterocycles. The van der Waals surface area contributed by atoms with Crippen molar-refractivity contribution in [2.45, 2.75) is 6.42 Å². The molecule has 0 spiro atoms. The molecule has 0 saturated heterocycles. The molecule has 0 bridgehead atoms. The number of nitrogens with one attached hydrogen (secondary N) is 3. The van der Waals surface area contributed by atoms with Crippen molar-refractivity contribution in [2.24, 2.45) is 0 Å². The van der Waals surface area contributed by atoms with Crippen molar-refractivity contribution in [3.8, 4) is 0 Å². The Labute approximate surface area is 161 Å². The zero-order valence-electron chi connectivity index (χ0n) is 14.9. The average Bonchev–Trinajstić information content (AvgIpc) is 2.73. The number of carbonyl (C=O) groups is 3. The monoisotopic (exact) mass is 374 g/mol. The van der Waals surface area contributed by atoms with Gasteiger partial charge in [-0.05, 0) is 29.8 Å². The molecule has 140 valence electrons. The molecule has 2 aromatic carbocycles. The van der Waals surface area contributed by atoms with Crippen molar-refractivity contribution in [1.29, 1.82) is 0 Å². The summed E-state index contributed by atoms with van der Waals surface area (Å²) in [5.74, 6) is -0.954. The third-order valence-corrected chi connectivity index (χ3v) is 3.82. The minimum atomic E-state index is -0.515. The van der Waals surface area contributed by atoms with Crippen LogP contribution in [-0.2, 0) is 11.2 Å². The number of amides is 3. The van der Waals surface area contributed by atoms with E-state index in [4.69, 9.17) is 0 Å². The Morgan fingerprint density at radius 2 is 1.43 bits per heavy atom. The van der Waals surface area contributed by atoms with Crippen LogP contribution in [0.4, 0.5) is 5.82 Å². The standard InChI is InChI=1S/C21H18N4O3/c26-19(13-15-7-3-1-4-8-15)24-25-21(28)17-11-12-22-18(14-17)23-20(27)16-9-5-2-6-10-16/h1-12,14H,13H2,(H,24,26)(H,25,28)(H,22,23,27). The first kappa shape index (κ1) is 18.8. The summed E-state index contributed by atoms with van der Waals surface area (Å²) in [6, 6.07) is 20.8. The summed E-state index contributed by atoms with van der Waals surface area (Å²) in [6.45, 7) is 0. The predicted molar refractivity (Wildman–Crippen MR) is 104 cm³/mol. The van der Waals surface area contributed by atoms with E-state index in [1.165, 1.54) is 18.3 Å². The van der Waals surface area contributed by atoms with Crippen LogP contribution in [0, 0.1) is 0 Å². The summed E-state index contributed by atoms with van der Waals surface area (Å²) in [7, 11) is 0. The smallest absolute Gasteiger partial charge is 0.269 e. The zero-order chi connectivity index (χ0) is 19.8. The number of nitrogens with zero attached hydrogens (tertiary/aromatic N) is 1. The molecule has 0 unspecified atom stereocenters. The molecule has 7 heteroatoms. The molecule has 0 fully saturated rings. The van der Waals surface area contributed by atoms with E-state index >= 15 is 0 Å². The summed E-state index contributed by atoms with van der Waals surface area (Å²) in [5, 5.41) is 2.63. The molecule has 0 saturated carbocycles. The van der Waals surface area contributed by atoms with Crippen LogP contribution in [0.25, 0.3) is 0 Å². The van der Waals surface area contributed by atoms with Crippen LogP contribution < -0.4 is 16.2 Å². The summed E-state index contributed by atoms with van der Waals surface area (Å²) in [6.07, 6.45) is 1.55. The van der Waals surface area contributed by atoms with Gasteiger partial charge in [-0.25, -0.2) is 4.98 Å². The van der Waals surface area contributed by atoms with Crippen LogP contribution in [0.5, 0.6) is 0 Å². The molecule has 1 heterocycles. The lowest BCUT2D eigenvalue weighted by Crippen LogP contribution is -2.42. The van der Waals surface area contributed by atoms with Crippen LogP contribution >= 0.6 is 0 Å². The number of benzene rings is 2. The van der Waals surface area contributed by atoms with Crippen LogP contribution in [0.3, 0.4) is 0 Å². The number of anilines is 1. The molecule has 7 nitrogen and oxygen atoms in total. The molecule has 28 heavy (non-hydrogen) atoms. The Hall–Kier alpha value is -4.00. The van der Waals surface area contributed by atoms with E-state index in [9.17, 15) is 14.4 Å². The number of hydrazine groups is 1. The number of hydrogen-bond donors (Lipinski definition) is 3. The van der Waals surface area contributed by atoms with Crippen molar-refractivity contribution in [2.75, 3.05) is 5.32 Å². The lowest BCUT2D eigenvalue weighted by Gasteiger charge is -2.09. The van der Waals surface area contributed by atoms with E-state index < -0.39 is 5.91 Å². The predicted octanol–water partition coefficient (Wildman–Crippen LogP) is 2.34. The van der Waals surface area contributed by atoms with Crippen molar-refractivity contribution >= 4 is 23.5 Å². The molecule has 3 amide bonds. The van der Waals surface area contributed by atoms with Crippen molar-refractivity contribution < 1.29 is 14.4 Å². The number of hydrogen-bond acceptors (Lipinski definition) is 4. The fourth-order valence-corrected chi connectivity index (χ4v) is 2.44. The molecule has 3 rings (SSSR count). The summed E-state index contributed by atoms with van der Waals surface area (Å²) in [4.78, 5) is 40.4. The molecular weight excluding hydrogens is 356 g/mol. The lowest BCUT2D eigenvalue weighted by atomic mass is 10.1. The van der Waals surface area contributed by atoms with Gasteiger partial charge in [0, 0.05) is 17.3 Å². The number of rotatable bonds is 5. The van der Waals surface area contributed by atoms with Gasteiger partial charge in [-0.2, -0.15) is 0 Å². The molecule has 3 N–H and O–H groups in total. The average molecular weight is 374 g/mol. The van der Waals surface area contributed by atoms with Crippen molar-refractivity contribution in [3.05, 3.63) is 95.7 Å². The van der Waals surface area contributed by atoms with Gasteiger partial charge in [0.1, 0.15) is 5.82 Å².